The third-order valence-electron chi connectivity index (χ3n) is 9.58. The number of amidine groups is 1. The summed E-state index contributed by atoms with van der Waals surface area (Å²) in [6.07, 6.45) is 13.5. The van der Waals surface area contributed by atoms with E-state index in [1.807, 2.05) is 6.07 Å². The van der Waals surface area contributed by atoms with Crippen molar-refractivity contribution in [1.82, 2.24) is 5.32 Å². The molecule has 4 rings (SSSR count). The van der Waals surface area contributed by atoms with E-state index in [9.17, 15) is 20.3 Å². The Balaban J connectivity index is 1.67. The SMILES string of the molecule is CCC(C)(C)C/C=C(\C)c1cc([C@@H]2CCCC[C@@]3(CO)CC[C@@](CO)(C2)O3)ccc1NC(=O)C1=NCC(C#N)C=CN1. The average Bonchev–Trinajstić information content (AvgIpc) is 3.23. The zero-order valence-electron chi connectivity index (χ0n) is 25.7. The molecule has 42 heavy (non-hydrogen) atoms. The van der Waals surface area contributed by atoms with Crippen molar-refractivity contribution in [2.75, 3.05) is 25.1 Å². The van der Waals surface area contributed by atoms with Crippen molar-refractivity contribution in [3.05, 3.63) is 47.7 Å². The Hall–Kier alpha value is -2.99. The van der Waals surface area contributed by atoms with Crippen LogP contribution >= 0.6 is 0 Å². The van der Waals surface area contributed by atoms with Gasteiger partial charge < -0.3 is 25.6 Å². The van der Waals surface area contributed by atoms with Crippen LogP contribution in [0.5, 0.6) is 0 Å². The lowest BCUT2D eigenvalue weighted by molar-refractivity contribution is -0.148. The number of hydrogen-bond donors (Lipinski definition) is 4. The summed E-state index contributed by atoms with van der Waals surface area (Å²) in [6, 6.07) is 8.42. The molecule has 1 amide bonds. The molecule has 3 aliphatic heterocycles. The van der Waals surface area contributed by atoms with Crippen molar-refractivity contribution in [3.8, 4) is 6.07 Å². The number of aliphatic imine (C=N–C) groups is 1. The Morgan fingerprint density at radius 3 is 2.71 bits per heavy atom. The molecule has 3 heterocycles. The van der Waals surface area contributed by atoms with Crippen LogP contribution in [0.1, 0.15) is 103 Å². The number of carbonyl (C=O) groups excluding carboxylic acids is 1. The Morgan fingerprint density at radius 2 is 2.00 bits per heavy atom. The van der Waals surface area contributed by atoms with Crippen molar-refractivity contribution in [2.24, 2.45) is 16.3 Å². The van der Waals surface area contributed by atoms with Gasteiger partial charge in [0, 0.05) is 11.3 Å². The minimum Gasteiger partial charge on any atom is -0.393 e. The van der Waals surface area contributed by atoms with E-state index in [4.69, 9.17) is 4.74 Å². The first-order chi connectivity index (χ1) is 20.1. The Kier molecular flexibility index (Phi) is 10.3. The van der Waals surface area contributed by atoms with Crippen molar-refractivity contribution < 1.29 is 19.7 Å². The highest BCUT2D eigenvalue weighted by Crippen LogP contribution is 2.48. The summed E-state index contributed by atoms with van der Waals surface area (Å²) in [5.74, 6) is -0.365. The fraction of sp³-hybridized carbons (Fsp3) is 0.618. The van der Waals surface area contributed by atoms with Crippen LogP contribution in [0.25, 0.3) is 5.57 Å². The van der Waals surface area contributed by atoms with E-state index < -0.39 is 11.2 Å². The van der Waals surface area contributed by atoms with Crippen LogP contribution in [0.2, 0.25) is 0 Å². The summed E-state index contributed by atoms with van der Waals surface area (Å²) in [5, 5.41) is 35.9. The van der Waals surface area contributed by atoms with Gasteiger partial charge >= 0.3 is 0 Å². The minimum atomic E-state index is -0.654. The third kappa shape index (κ3) is 7.50. The molecule has 2 bridgehead atoms. The molecule has 0 spiro atoms. The van der Waals surface area contributed by atoms with Crippen molar-refractivity contribution in [3.63, 3.8) is 0 Å². The molecule has 0 aliphatic carbocycles. The van der Waals surface area contributed by atoms with Crippen LogP contribution in [0.4, 0.5) is 5.69 Å². The van der Waals surface area contributed by atoms with Gasteiger partial charge in [0.05, 0.1) is 42.9 Å². The molecule has 0 aromatic heterocycles. The van der Waals surface area contributed by atoms with Gasteiger partial charge in [-0.1, -0.05) is 52.2 Å². The second-order valence-electron chi connectivity index (χ2n) is 13.2. The number of fused-ring (bicyclic) bond motifs is 2. The quantitative estimate of drug-likeness (QED) is 0.293. The van der Waals surface area contributed by atoms with Gasteiger partial charge in [-0.2, -0.15) is 5.26 Å². The van der Waals surface area contributed by atoms with Crippen molar-refractivity contribution in [1.29, 1.82) is 5.26 Å². The highest BCUT2D eigenvalue weighted by Gasteiger charge is 2.50. The topological polar surface area (TPSA) is 127 Å². The van der Waals surface area contributed by atoms with E-state index in [0.717, 1.165) is 68.1 Å². The molecule has 8 nitrogen and oxygen atoms in total. The maximum Gasteiger partial charge on any atom is 0.291 e. The molecule has 8 heteroatoms. The molecule has 4 atom stereocenters. The predicted molar refractivity (Wildman–Crippen MR) is 167 cm³/mol. The Labute approximate surface area is 251 Å². The molecule has 1 unspecified atom stereocenters. The number of allylic oxidation sites excluding steroid dienone is 2. The van der Waals surface area contributed by atoms with Gasteiger partial charge in [-0.15, -0.1) is 0 Å². The second kappa shape index (κ2) is 13.5. The van der Waals surface area contributed by atoms with Gasteiger partial charge in [-0.05, 0) is 92.3 Å². The molecular formula is C34H48N4O4. The molecule has 228 valence electrons. The minimum absolute atomic E-state index is 0.0107. The molecule has 4 N–H and O–H groups in total. The third-order valence-corrected chi connectivity index (χ3v) is 9.58. The van der Waals surface area contributed by atoms with Crippen LogP contribution in [0, 0.1) is 22.7 Å². The van der Waals surface area contributed by atoms with Crippen LogP contribution < -0.4 is 10.6 Å². The van der Waals surface area contributed by atoms with Crippen LogP contribution in [-0.4, -0.2) is 52.9 Å². The largest absolute Gasteiger partial charge is 0.393 e. The Bertz CT molecular complexity index is 1260. The smallest absolute Gasteiger partial charge is 0.291 e. The van der Waals surface area contributed by atoms with Crippen LogP contribution in [0.15, 0.2) is 41.5 Å². The lowest BCUT2D eigenvalue weighted by Gasteiger charge is -2.34. The van der Waals surface area contributed by atoms with Gasteiger partial charge in [0.2, 0.25) is 0 Å². The van der Waals surface area contributed by atoms with E-state index in [-0.39, 0.29) is 48.8 Å². The second-order valence-corrected chi connectivity index (χ2v) is 13.2. The molecular weight excluding hydrogens is 528 g/mol. The highest BCUT2D eigenvalue weighted by atomic mass is 16.5. The summed E-state index contributed by atoms with van der Waals surface area (Å²) >= 11 is 0. The van der Waals surface area contributed by atoms with E-state index in [1.54, 1.807) is 12.3 Å². The number of carbonyl (C=O) groups is 1. The van der Waals surface area contributed by atoms with Gasteiger partial charge in [0.15, 0.2) is 5.84 Å². The summed E-state index contributed by atoms with van der Waals surface area (Å²) in [5.41, 5.74) is 2.88. The predicted octanol–water partition coefficient (Wildman–Crippen LogP) is 5.83. The van der Waals surface area contributed by atoms with E-state index in [1.165, 1.54) is 0 Å². The number of nitriles is 1. The standard InChI is InChI=1S/C34H48N4O4/c1-5-32(3,4)14-11-24(2)28-18-26(9-10-29(28)38-31(41)30-36-17-12-25(20-35)21-37-30)27-8-6-7-13-33(22-39)15-16-34(19-27,23-40)42-33/h9-12,17-18,25,27,39-40H,5-8,13-16,19,21-23H2,1-4H3,(H,36,37)(H,38,41)/b24-11+/t25?,27-,33+,34+/m1/s1. The van der Waals surface area contributed by atoms with Gasteiger partial charge in [-0.3, -0.25) is 9.79 Å². The zero-order chi connectivity index (χ0) is 30.4. The normalized spacial score (nSPS) is 28.4. The zero-order valence-corrected chi connectivity index (χ0v) is 25.7. The lowest BCUT2D eigenvalue weighted by atomic mass is 9.79. The molecule has 0 saturated carbocycles. The lowest BCUT2D eigenvalue weighted by Crippen LogP contribution is -2.41. The number of hydrogen-bond acceptors (Lipinski definition) is 7. The molecule has 2 saturated heterocycles. The van der Waals surface area contributed by atoms with Crippen LogP contribution in [-0.2, 0) is 9.53 Å². The summed E-state index contributed by atoms with van der Waals surface area (Å²) in [7, 11) is 0. The first-order valence-electron chi connectivity index (χ1n) is 15.5. The fourth-order valence-corrected chi connectivity index (χ4v) is 6.25. The summed E-state index contributed by atoms with van der Waals surface area (Å²) < 4.78 is 6.53. The summed E-state index contributed by atoms with van der Waals surface area (Å²) in [6.45, 7) is 8.97. The number of nitrogens with one attached hydrogen (secondary N) is 2. The average molecular weight is 577 g/mol. The molecule has 1 aromatic rings. The molecule has 3 aliphatic rings. The first kappa shape index (κ1) is 31.9. The Morgan fingerprint density at radius 1 is 1.24 bits per heavy atom. The number of aliphatic hydroxyl groups excluding tert-OH is 2. The maximum absolute atomic E-state index is 13.3. The van der Waals surface area contributed by atoms with Gasteiger partial charge in [0.1, 0.15) is 0 Å². The molecule has 2 fully saturated rings. The number of amides is 1. The number of benzene rings is 1. The maximum atomic E-state index is 13.3. The van der Waals surface area contributed by atoms with Crippen LogP contribution in [0.3, 0.4) is 0 Å². The van der Waals surface area contributed by atoms with Crippen molar-refractivity contribution >= 4 is 23.0 Å². The first-order valence-corrected chi connectivity index (χ1v) is 15.5. The molecule has 0 radical (unpaired) electrons. The highest BCUT2D eigenvalue weighted by molar-refractivity contribution is 6.42. The number of anilines is 1. The van der Waals surface area contributed by atoms with Crippen molar-refractivity contribution in [2.45, 2.75) is 103 Å². The van der Waals surface area contributed by atoms with E-state index >= 15 is 0 Å². The van der Waals surface area contributed by atoms with Gasteiger partial charge in [-0.25, -0.2) is 0 Å². The van der Waals surface area contributed by atoms with E-state index in [0.29, 0.717) is 12.1 Å². The molecule has 1 aromatic carbocycles. The fourth-order valence-electron chi connectivity index (χ4n) is 6.25. The van der Waals surface area contributed by atoms with Gasteiger partial charge in [0.25, 0.3) is 5.91 Å². The summed E-state index contributed by atoms with van der Waals surface area (Å²) in [4.78, 5) is 17.6. The number of aliphatic hydroxyl groups is 2. The number of rotatable bonds is 9. The number of nitrogens with zero attached hydrogens (tertiary/aromatic N) is 2. The monoisotopic (exact) mass is 576 g/mol. The number of ether oxygens (including phenoxy) is 1. The van der Waals surface area contributed by atoms with E-state index in [2.05, 4.69) is 67.6 Å².